The molecule has 1 aromatic rings. The number of nitrogens with zero attached hydrogens (tertiary/aromatic N) is 2. The third-order valence-electron chi connectivity index (χ3n) is 1.96. The van der Waals surface area contributed by atoms with Crippen molar-refractivity contribution in [2.75, 3.05) is 18.5 Å². The van der Waals surface area contributed by atoms with E-state index in [9.17, 15) is 9.90 Å². The van der Waals surface area contributed by atoms with Gasteiger partial charge in [-0.1, -0.05) is 0 Å². The maximum atomic E-state index is 11.0. The molecule has 0 aliphatic carbocycles. The Kier molecular flexibility index (Phi) is 4.26. The molecule has 1 aromatic heterocycles. The Bertz CT molecular complexity index is 396. The van der Waals surface area contributed by atoms with Gasteiger partial charge in [0, 0.05) is 24.3 Å². The summed E-state index contributed by atoms with van der Waals surface area (Å²) in [7, 11) is 1.69. The minimum absolute atomic E-state index is 0.109. The van der Waals surface area contributed by atoms with Crippen LogP contribution in [0, 0.1) is 0 Å². The van der Waals surface area contributed by atoms with E-state index in [0.29, 0.717) is 16.8 Å². The van der Waals surface area contributed by atoms with Crippen molar-refractivity contribution >= 4 is 27.7 Å². The summed E-state index contributed by atoms with van der Waals surface area (Å²) in [6.45, 7) is 1.96. The van der Waals surface area contributed by atoms with Gasteiger partial charge in [0.1, 0.15) is 11.4 Å². The fourth-order valence-corrected chi connectivity index (χ4v) is 1.71. The number of hydrogen-bond acceptors (Lipinski definition) is 4. The number of aliphatic hydroxyl groups is 1. The zero-order valence-corrected chi connectivity index (χ0v) is 10.6. The van der Waals surface area contributed by atoms with Crippen LogP contribution >= 0.6 is 15.9 Å². The zero-order valence-electron chi connectivity index (χ0n) is 9.01. The summed E-state index contributed by atoms with van der Waals surface area (Å²) in [6, 6.07) is 1.49. The number of likely N-dealkylation sites (N-methyl/N-ethyl adjacent to an activating group) is 1. The summed E-state index contributed by atoms with van der Waals surface area (Å²) in [5, 5.41) is 18.3. The van der Waals surface area contributed by atoms with E-state index < -0.39 is 12.1 Å². The molecule has 0 spiro atoms. The number of carboxylic acid groups (broad SMARTS) is 1. The van der Waals surface area contributed by atoms with Crippen LogP contribution in [0.25, 0.3) is 0 Å². The third-order valence-corrected chi connectivity index (χ3v) is 2.40. The first kappa shape index (κ1) is 12.9. The SMILES string of the molecule is CC(O)CN(C)c1ncc(Br)cc1C(=O)O. The summed E-state index contributed by atoms with van der Waals surface area (Å²) < 4.78 is 0.610. The van der Waals surface area contributed by atoms with E-state index in [4.69, 9.17) is 5.11 Å². The second-order valence-corrected chi connectivity index (χ2v) is 4.48. The number of aromatic nitrogens is 1. The maximum Gasteiger partial charge on any atom is 0.339 e. The number of aromatic carboxylic acids is 1. The number of rotatable bonds is 4. The van der Waals surface area contributed by atoms with Gasteiger partial charge in [-0.2, -0.15) is 0 Å². The first-order chi connectivity index (χ1) is 7.41. The van der Waals surface area contributed by atoms with E-state index in [-0.39, 0.29) is 5.56 Å². The lowest BCUT2D eigenvalue weighted by atomic mass is 10.2. The van der Waals surface area contributed by atoms with Crippen LogP contribution in [-0.2, 0) is 0 Å². The van der Waals surface area contributed by atoms with Crippen LogP contribution in [0.5, 0.6) is 0 Å². The number of hydrogen-bond donors (Lipinski definition) is 2. The Balaban J connectivity index is 3.07. The van der Waals surface area contributed by atoms with Crippen molar-refractivity contribution in [1.29, 1.82) is 0 Å². The third kappa shape index (κ3) is 3.18. The van der Waals surface area contributed by atoms with Crippen molar-refractivity contribution in [1.82, 2.24) is 4.98 Å². The second kappa shape index (κ2) is 5.27. The fraction of sp³-hybridized carbons (Fsp3) is 0.400. The number of carbonyl (C=O) groups is 1. The van der Waals surface area contributed by atoms with E-state index >= 15 is 0 Å². The quantitative estimate of drug-likeness (QED) is 0.875. The van der Waals surface area contributed by atoms with Crippen LogP contribution in [0.2, 0.25) is 0 Å². The average molecular weight is 289 g/mol. The molecule has 0 aromatic carbocycles. The standard InChI is InChI=1S/C10H13BrN2O3/c1-6(14)5-13(2)9-8(10(15)16)3-7(11)4-12-9/h3-4,6,14H,5H2,1-2H3,(H,15,16). The van der Waals surface area contributed by atoms with Crippen LogP contribution in [0.1, 0.15) is 17.3 Å². The van der Waals surface area contributed by atoms with Gasteiger partial charge in [0.2, 0.25) is 0 Å². The Labute approximate surface area is 102 Å². The Morgan fingerprint density at radius 3 is 2.81 bits per heavy atom. The van der Waals surface area contributed by atoms with Crippen molar-refractivity contribution in [3.05, 3.63) is 22.3 Å². The van der Waals surface area contributed by atoms with Crippen LogP contribution in [0.3, 0.4) is 0 Å². The molecule has 0 aliphatic heterocycles. The Morgan fingerprint density at radius 1 is 1.69 bits per heavy atom. The fourth-order valence-electron chi connectivity index (χ4n) is 1.38. The van der Waals surface area contributed by atoms with Gasteiger partial charge in [0.05, 0.1) is 6.10 Å². The molecule has 88 valence electrons. The largest absolute Gasteiger partial charge is 0.478 e. The Hall–Kier alpha value is -1.14. The van der Waals surface area contributed by atoms with Crippen LogP contribution in [-0.4, -0.2) is 40.9 Å². The van der Waals surface area contributed by atoms with Crippen molar-refractivity contribution < 1.29 is 15.0 Å². The van der Waals surface area contributed by atoms with Crippen LogP contribution in [0.15, 0.2) is 16.7 Å². The minimum atomic E-state index is -1.04. The second-order valence-electron chi connectivity index (χ2n) is 3.56. The lowest BCUT2D eigenvalue weighted by Gasteiger charge is -2.21. The lowest BCUT2D eigenvalue weighted by Crippen LogP contribution is -2.29. The summed E-state index contributed by atoms with van der Waals surface area (Å²) in [6.07, 6.45) is 0.984. The number of pyridine rings is 1. The van der Waals surface area contributed by atoms with E-state index in [0.717, 1.165) is 0 Å². The van der Waals surface area contributed by atoms with Crippen molar-refractivity contribution in [3.63, 3.8) is 0 Å². The molecule has 0 saturated carbocycles. The van der Waals surface area contributed by atoms with Crippen LogP contribution in [0.4, 0.5) is 5.82 Å². The lowest BCUT2D eigenvalue weighted by molar-refractivity contribution is 0.0696. The molecule has 1 unspecified atom stereocenters. The predicted octanol–water partition coefficient (Wildman–Crippen LogP) is 1.36. The number of halogens is 1. The zero-order chi connectivity index (χ0) is 12.3. The molecule has 1 atom stereocenters. The monoisotopic (exact) mass is 288 g/mol. The summed E-state index contributed by atoms with van der Waals surface area (Å²) in [4.78, 5) is 16.7. The molecule has 0 radical (unpaired) electrons. The highest BCUT2D eigenvalue weighted by atomic mass is 79.9. The van der Waals surface area contributed by atoms with Gasteiger partial charge in [0.15, 0.2) is 0 Å². The smallest absolute Gasteiger partial charge is 0.339 e. The van der Waals surface area contributed by atoms with Crippen molar-refractivity contribution in [3.8, 4) is 0 Å². The summed E-state index contributed by atoms with van der Waals surface area (Å²) >= 11 is 3.17. The highest BCUT2D eigenvalue weighted by Crippen LogP contribution is 2.20. The minimum Gasteiger partial charge on any atom is -0.478 e. The number of aliphatic hydroxyl groups excluding tert-OH is 1. The maximum absolute atomic E-state index is 11.0. The van der Waals surface area contributed by atoms with Crippen molar-refractivity contribution in [2.24, 2.45) is 0 Å². The first-order valence-corrected chi connectivity index (χ1v) is 5.49. The summed E-state index contributed by atoms with van der Waals surface area (Å²) in [5.74, 6) is -0.696. The molecule has 1 heterocycles. The normalized spacial score (nSPS) is 12.2. The molecular formula is C10H13BrN2O3. The number of carboxylic acids is 1. The highest BCUT2D eigenvalue weighted by molar-refractivity contribution is 9.10. The van der Waals surface area contributed by atoms with Gasteiger partial charge in [0.25, 0.3) is 0 Å². The van der Waals surface area contributed by atoms with Gasteiger partial charge in [-0.05, 0) is 28.9 Å². The van der Waals surface area contributed by atoms with Crippen molar-refractivity contribution in [2.45, 2.75) is 13.0 Å². The van der Waals surface area contributed by atoms with Gasteiger partial charge >= 0.3 is 5.97 Å². The van der Waals surface area contributed by atoms with E-state index in [1.165, 1.54) is 12.3 Å². The molecule has 2 N–H and O–H groups in total. The molecule has 0 bridgehead atoms. The van der Waals surface area contributed by atoms with Gasteiger partial charge in [-0.15, -0.1) is 0 Å². The molecule has 0 saturated heterocycles. The summed E-state index contributed by atoms with van der Waals surface area (Å²) in [5.41, 5.74) is 0.109. The van der Waals surface area contributed by atoms with E-state index in [2.05, 4.69) is 20.9 Å². The average Bonchev–Trinajstić information content (AvgIpc) is 2.16. The topological polar surface area (TPSA) is 73.7 Å². The van der Waals surface area contributed by atoms with E-state index in [1.54, 1.807) is 18.9 Å². The Morgan fingerprint density at radius 2 is 2.31 bits per heavy atom. The molecule has 16 heavy (non-hydrogen) atoms. The molecule has 5 nitrogen and oxygen atoms in total. The highest BCUT2D eigenvalue weighted by Gasteiger charge is 2.16. The van der Waals surface area contributed by atoms with Gasteiger partial charge in [-0.25, -0.2) is 9.78 Å². The molecule has 6 heteroatoms. The predicted molar refractivity (Wildman–Crippen MR) is 63.8 cm³/mol. The first-order valence-electron chi connectivity index (χ1n) is 4.70. The van der Waals surface area contributed by atoms with E-state index in [1.807, 2.05) is 0 Å². The molecule has 0 amide bonds. The van der Waals surface area contributed by atoms with Gasteiger partial charge < -0.3 is 15.1 Å². The molecular weight excluding hydrogens is 276 g/mol. The number of anilines is 1. The molecule has 0 fully saturated rings. The molecule has 1 rings (SSSR count). The molecule has 0 aliphatic rings. The van der Waals surface area contributed by atoms with Crippen LogP contribution < -0.4 is 4.90 Å². The van der Waals surface area contributed by atoms with Gasteiger partial charge in [-0.3, -0.25) is 0 Å².